The van der Waals surface area contributed by atoms with E-state index in [2.05, 4.69) is 32.1 Å². The number of hydrogen-bond acceptors (Lipinski definition) is 11. The predicted octanol–water partition coefficient (Wildman–Crippen LogP) is 12.3. The predicted molar refractivity (Wildman–Crippen MR) is 266 cm³/mol. The van der Waals surface area contributed by atoms with Crippen LogP contribution in [0.15, 0.2) is 24.3 Å². The molecule has 1 saturated heterocycles. The number of aliphatic hydroxyl groups excluding tert-OH is 3. The Kier molecular flexibility index (Phi) is 40.7. The Balaban J connectivity index is 2.36. The molecule has 12 nitrogen and oxygen atoms in total. The molecule has 4 N–H and O–H groups in total. The summed E-state index contributed by atoms with van der Waals surface area (Å²) in [6.07, 6.45) is 41.1. The second-order valence-corrected chi connectivity index (χ2v) is 20.4. The van der Waals surface area contributed by atoms with Crippen LogP contribution in [0.5, 0.6) is 0 Å². The van der Waals surface area contributed by atoms with Gasteiger partial charge in [-0.15, -0.1) is 0 Å². The van der Waals surface area contributed by atoms with Gasteiger partial charge >= 0.3 is 11.9 Å². The van der Waals surface area contributed by atoms with Crippen LogP contribution in [-0.2, 0) is 38.7 Å². The van der Waals surface area contributed by atoms with Crippen molar-refractivity contribution in [1.82, 2.24) is 0 Å². The lowest BCUT2D eigenvalue weighted by molar-refractivity contribution is -0.297. The Morgan fingerprint density at radius 3 is 1.32 bits per heavy atom. The van der Waals surface area contributed by atoms with Crippen molar-refractivity contribution in [3.63, 3.8) is 0 Å². The van der Waals surface area contributed by atoms with Crippen molar-refractivity contribution < 1.29 is 56.8 Å². The fourth-order valence-electron chi connectivity index (χ4n) is 8.35. The Morgan fingerprint density at radius 2 is 0.894 bits per heavy atom. The van der Waals surface area contributed by atoms with Crippen LogP contribution in [0.2, 0.25) is 0 Å². The second kappa shape index (κ2) is 43.2. The van der Waals surface area contributed by atoms with E-state index in [-0.39, 0.29) is 19.4 Å². The van der Waals surface area contributed by atoms with Gasteiger partial charge in [-0.2, -0.15) is 8.42 Å². The summed E-state index contributed by atoms with van der Waals surface area (Å²) in [7, 11) is -4.61. The van der Waals surface area contributed by atoms with Crippen molar-refractivity contribution in [3.8, 4) is 0 Å². The Hall–Kier alpha value is -1.87. The van der Waals surface area contributed by atoms with Crippen LogP contribution in [0.3, 0.4) is 0 Å². The largest absolute Gasteiger partial charge is 0.462 e. The highest BCUT2D eigenvalue weighted by atomic mass is 32.2. The summed E-state index contributed by atoms with van der Waals surface area (Å²) in [5, 5.41) is 31.0. The zero-order chi connectivity index (χ0) is 48.4. The maximum absolute atomic E-state index is 12.9. The van der Waals surface area contributed by atoms with E-state index in [0.717, 1.165) is 25.7 Å². The highest BCUT2D eigenvalue weighted by Gasteiger charge is 2.46. The van der Waals surface area contributed by atoms with Gasteiger partial charge in [0.15, 0.2) is 12.4 Å². The van der Waals surface area contributed by atoms with Crippen LogP contribution < -0.4 is 0 Å². The maximum atomic E-state index is 12.9. The van der Waals surface area contributed by atoms with Crippen LogP contribution in [0.1, 0.15) is 245 Å². The number of hydrogen-bond donors (Lipinski definition) is 4. The Labute approximate surface area is 402 Å². The monoisotopic (exact) mass is 959 g/mol. The smallest absolute Gasteiger partial charge is 0.306 e. The van der Waals surface area contributed by atoms with Gasteiger partial charge in [0.25, 0.3) is 10.1 Å². The number of ether oxygens (including phenoxy) is 4. The van der Waals surface area contributed by atoms with Crippen LogP contribution in [0.25, 0.3) is 0 Å². The van der Waals surface area contributed by atoms with Gasteiger partial charge in [-0.25, -0.2) is 0 Å². The first-order valence-corrected chi connectivity index (χ1v) is 28.5. The Bertz CT molecular complexity index is 1310. The highest BCUT2D eigenvalue weighted by Crippen LogP contribution is 2.24. The minimum absolute atomic E-state index is 0.113. The molecular formula is C53H98O12S. The summed E-state index contributed by atoms with van der Waals surface area (Å²) in [6.45, 7) is 3.75. The number of esters is 2. The minimum atomic E-state index is -4.61. The number of unbranched alkanes of at least 4 members (excludes halogenated alkanes) is 30. The molecule has 66 heavy (non-hydrogen) atoms. The zero-order valence-corrected chi connectivity index (χ0v) is 42.6. The summed E-state index contributed by atoms with van der Waals surface area (Å²) < 4.78 is 54.2. The van der Waals surface area contributed by atoms with Gasteiger partial charge in [0, 0.05) is 12.8 Å². The molecule has 0 radical (unpaired) electrons. The van der Waals surface area contributed by atoms with Gasteiger partial charge in [0.05, 0.1) is 6.61 Å². The van der Waals surface area contributed by atoms with E-state index >= 15 is 0 Å². The molecule has 13 heteroatoms. The number of aliphatic hydroxyl groups is 3. The lowest BCUT2D eigenvalue weighted by Crippen LogP contribution is -2.60. The molecule has 2 unspecified atom stereocenters. The van der Waals surface area contributed by atoms with E-state index < -0.39 is 71.2 Å². The summed E-state index contributed by atoms with van der Waals surface area (Å²) in [6, 6.07) is 0. The fraction of sp³-hybridized carbons (Fsp3) is 0.887. The molecule has 1 heterocycles. The van der Waals surface area contributed by atoms with E-state index in [1.807, 2.05) is 6.08 Å². The summed E-state index contributed by atoms with van der Waals surface area (Å²) in [4.78, 5) is 25.5. The molecule has 6 atom stereocenters. The van der Waals surface area contributed by atoms with E-state index in [9.17, 15) is 37.9 Å². The lowest BCUT2D eigenvalue weighted by atomic mass is 10.00. The molecule has 1 fully saturated rings. The van der Waals surface area contributed by atoms with E-state index in [0.29, 0.717) is 19.3 Å². The standard InChI is InChI=1S/C53H98O12S/c1-3-5-7-9-11-13-15-17-19-20-21-22-23-24-25-26-28-30-32-34-36-38-40-42-49(55)64-46(44-63-53-52(58)51(57)50(56)47(65-53)45-66(59,60)61)43-62-48(54)41-39-37-35-33-31-29-27-18-16-14-12-10-8-6-4-2/h34-37,46-47,50-53,56-58H,3-33,38-45H2,1-2H3,(H,59,60,61)/b36-34+,37-35+/t46-,47-,50-,51?,52?,53+/m1/s1. The summed E-state index contributed by atoms with van der Waals surface area (Å²) in [5.41, 5.74) is 0. The number of carbonyl (C=O) groups excluding carboxylic acids is 2. The van der Waals surface area contributed by atoms with Gasteiger partial charge in [-0.1, -0.05) is 212 Å². The number of rotatable bonds is 46. The summed E-state index contributed by atoms with van der Waals surface area (Å²) >= 11 is 0. The quantitative estimate of drug-likeness (QED) is 0.0196. The molecule has 1 rings (SSSR count). The van der Waals surface area contributed by atoms with E-state index in [1.165, 1.54) is 173 Å². The van der Waals surface area contributed by atoms with Crippen molar-refractivity contribution >= 4 is 22.1 Å². The Morgan fingerprint density at radius 1 is 0.500 bits per heavy atom. The first-order valence-electron chi connectivity index (χ1n) is 26.9. The average Bonchev–Trinajstić information content (AvgIpc) is 3.28. The topological polar surface area (TPSA) is 186 Å². The number of allylic oxidation sites excluding steroid dienone is 4. The molecule has 0 aliphatic carbocycles. The molecule has 1 aliphatic heterocycles. The summed E-state index contributed by atoms with van der Waals surface area (Å²) in [5.74, 6) is -2.07. The van der Waals surface area contributed by atoms with Crippen molar-refractivity contribution in [1.29, 1.82) is 0 Å². The van der Waals surface area contributed by atoms with Crippen molar-refractivity contribution in [2.24, 2.45) is 0 Å². The van der Waals surface area contributed by atoms with Gasteiger partial charge in [-0.05, 0) is 44.9 Å². The molecule has 388 valence electrons. The first kappa shape index (κ1) is 62.1. The highest BCUT2D eigenvalue weighted by molar-refractivity contribution is 7.85. The zero-order valence-electron chi connectivity index (χ0n) is 41.8. The SMILES string of the molecule is CCCCCCCCCCCCC/C=C/CCC(=O)OC[C@H](CO[C@H]1O[C@H](CS(=O)(=O)O)[C@@H](O)C(O)C1O)OC(=O)CCC/C=C/CCCCCCCCCCCCCCCCCCCC. The molecular weight excluding hydrogens is 861 g/mol. The van der Waals surface area contributed by atoms with Crippen LogP contribution in [0.4, 0.5) is 0 Å². The molecule has 0 amide bonds. The molecule has 0 aromatic rings. The average molecular weight is 959 g/mol. The van der Waals surface area contributed by atoms with Gasteiger partial charge in [0.1, 0.15) is 36.8 Å². The van der Waals surface area contributed by atoms with Crippen LogP contribution in [0, 0.1) is 0 Å². The molecule has 0 spiro atoms. The van der Waals surface area contributed by atoms with Gasteiger partial charge < -0.3 is 34.3 Å². The van der Waals surface area contributed by atoms with Crippen molar-refractivity contribution in [2.75, 3.05) is 19.0 Å². The third-order valence-electron chi connectivity index (χ3n) is 12.5. The van der Waals surface area contributed by atoms with Crippen molar-refractivity contribution in [2.45, 2.75) is 282 Å². The van der Waals surface area contributed by atoms with Crippen molar-refractivity contribution in [3.05, 3.63) is 24.3 Å². The lowest BCUT2D eigenvalue weighted by Gasteiger charge is -2.40. The maximum Gasteiger partial charge on any atom is 0.306 e. The fourth-order valence-corrected chi connectivity index (χ4v) is 9.04. The molecule has 0 bridgehead atoms. The van der Waals surface area contributed by atoms with Gasteiger partial charge in [0.2, 0.25) is 0 Å². The second-order valence-electron chi connectivity index (χ2n) is 18.9. The first-order chi connectivity index (χ1) is 32.0. The van der Waals surface area contributed by atoms with Gasteiger partial charge in [-0.3, -0.25) is 14.1 Å². The minimum Gasteiger partial charge on any atom is -0.462 e. The van der Waals surface area contributed by atoms with Crippen LogP contribution in [-0.4, -0.2) is 96.0 Å². The molecule has 0 saturated carbocycles. The third kappa shape index (κ3) is 37.1. The molecule has 0 aromatic carbocycles. The third-order valence-corrected chi connectivity index (χ3v) is 13.3. The normalized spacial score (nSPS) is 19.5. The van der Waals surface area contributed by atoms with E-state index in [1.54, 1.807) is 0 Å². The molecule has 1 aliphatic rings. The molecule has 0 aromatic heterocycles. The van der Waals surface area contributed by atoms with E-state index in [4.69, 9.17) is 18.9 Å². The van der Waals surface area contributed by atoms with Crippen LogP contribution >= 0.6 is 0 Å². The number of carbonyl (C=O) groups is 2.